The van der Waals surface area contributed by atoms with Gasteiger partial charge in [-0.15, -0.1) is 22.7 Å². The van der Waals surface area contributed by atoms with Crippen molar-refractivity contribution in [1.29, 1.82) is 0 Å². The van der Waals surface area contributed by atoms with E-state index < -0.39 is 0 Å². The Hall–Kier alpha value is 0.940. The van der Waals surface area contributed by atoms with Crippen LogP contribution >= 0.6 is 77.7 Å². The van der Waals surface area contributed by atoms with Crippen molar-refractivity contribution in [3.8, 4) is 0 Å². The lowest BCUT2D eigenvalue weighted by Crippen LogP contribution is -1.86. The molecule has 2 aromatic heterocycles. The van der Waals surface area contributed by atoms with Gasteiger partial charge >= 0.3 is 0 Å². The van der Waals surface area contributed by atoms with Crippen LogP contribution in [-0.4, -0.2) is 0 Å². The van der Waals surface area contributed by atoms with Gasteiger partial charge in [0, 0.05) is 10.4 Å². The van der Waals surface area contributed by atoms with E-state index in [0.29, 0.717) is 0 Å². The highest BCUT2D eigenvalue weighted by atomic mass is 79.9. The summed E-state index contributed by atoms with van der Waals surface area (Å²) in [5, 5.41) is 0. The summed E-state index contributed by atoms with van der Waals surface area (Å²) < 4.78 is 2.62. The molecule has 0 saturated carbocycles. The van der Waals surface area contributed by atoms with E-state index >= 15 is 0 Å². The number of thiophene rings is 2. The van der Waals surface area contributed by atoms with Crippen LogP contribution in [0, 0.1) is 6.92 Å². The van der Waals surface area contributed by atoms with Crippen LogP contribution in [0.1, 0.15) is 20.8 Å². The molecule has 2 heterocycles. The highest BCUT2D eigenvalue weighted by Crippen LogP contribution is 2.44. The zero-order valence-electron chi connectivity index (χ0n) is 8.06. The Balaban J connectivity index is 2.38. The van der Waals surface area contributed by atoms with Crippen LogP contribution in [0.5, 0.6) is 0 Å². The second-order valence-electron chi connectivity index (χ2n) is 3.25. The molecule has 0 amide bonds. The summed E-state index contributed by atoms with van der Waals surface area (Å²) in [6, 6.07) is 4.06. The molecule has 1 atom stereocenters. The predicted octanol–water partition coefficient (Wildman–Crippen LogP) is 6.67. The minimum absolute atomic E-state index is 0.110. The van der Waals surface area contributed by atoms with E-state index in [1.807, 2.05) is 6.07 Å². The molecule has 0 bridgehead atoms. The average molecular weight is 421 g/mol. The average Bonchev–Trinajstić information content (AvgIpc) is 2.70. The fraction of sp³-hybridized carbons (Fsp3) is 0.200. The standard InChI is InChI=1S/C10H6Br2Cl2S2/c1-4-2-6(15-9(4)12)8(11)5-3-7(13)16-10(5)14/h2-3,8H,1H3. The van der Waals surface area contributed by atoms with Crippen LogP contribution in [0.25, 0.3) is 0 Å². The predicted molar refractivity (Wildman–Crippen MR) is 81.9 cm³/mol. The summed E-state index contributed by atoms with van der Waals surface area (Å²) in [4.78, 5) is 1.33. The first-order valence-electron chi connectivity index (χ1n) is 4.33. The second kappa shape index (κ2) is 5.29. The molecule has 1 unspecified atom stereocenters. The second-order valence-corrected chi connectivity index (χ2v) is 8.85. The third-order valence-electron chi connectivity index (χ3n) is 2.08. The monoisotopic (exact) mass is 418 g/mol. The molecule has 16 heavy (non-hydrogen) atoms. The largest absolute Gasteiger partial charge is 0.131 e. The Morgan fingerprint density at radius 3 is 2.38 bits per heavy atom. The molecule has 2 aromatic rings. The van der Waals surface area contributed by atoms with Crippen molar-refractivity contribution < 1.29 is 0 Å². The molecule has 0 aromatic carbocycles. The molecule has 2 rings (SSSR count). The van der Waals surface area contributed by atoms with Gasteiger partial charge in [0.15, 0.2) is 0 Å². The van der Waals surface area contributed by atoms with Gasteiger partial charge < -0.3 is 0 Å². The third kappa shape index (κ3) is 2.68. The molecular formula is C10H6Br2Cl2S2. The zero-order valence-corrected chi connectivity index (χ0v) is 14.4. The highest BCUT2D eigenvalue weighted by Gasteiger charge is 2.19. The topological polar surface area (TPSA) is 0 Å². The summed E-state index contributed by atoms with van der Waals surface area (Å²) >= 11 is 22.4. The van der Waals surface area contributed by atoms with E-state index in [1.165, 1.54) is 21.8 Å². The smallest absolute Gasteiger partial charge is 0.0991 e. The molecule has 0 spiro atoms. The number of alkyl halides is 1. The Morgan fingerprint density at radius 1 is 1.25 bits per heavy atom. The normalized spacial score (nSPS) is 13.1. The van der Waals surface area contributed by atoms with Crippen LogP contribution in [0.15, 0.2) is 15.9 Å². The number of rotatable bonds is 2. The molecule has 0 radical (unpaired) electrons. The van der Waals surface area contributed by atoms with Gasteiger partial charge in [-0.1, -0.05) is 39.1 Å². The zero-order chi connectivity index (χ0) is 11.9. The van der Waals surface area contributed by atoms with Crippen molar-refractivity contribution in [3.05, 3.63) is 40.6 Å². The van der Waals surface area contributed by atoms with Gasteiger partial charge in [-0.05, 0) is 40.5 Å². The summed E-state index contributed by atoms with van der Waals surface area (Å²) in [5.41, 5.74) is 2.27. The van der Waals surface area contributed by atoms with Crippen molar-refractivity contribution in [2.24, 2.45) is 0 Å². The van der Waals surface area contributed by atoms with Crippen LogP contribution < -0.4 is 0 Å². The van der Waals surface area contributed by atoms with Gasteiger partial charge in [0.2, 0.25) is 0 Å². The summed E-state index contributed by atoms with van der Waals surface area (Å²) in [7, 11) is 0. The maximum absolute atomic E-state index is 6.13. The maximum Gasteiger partial charge on any atom is 0.0991 e. The lowest BCUT2D eigenvalue weighted by molar-refractivity contribution is 1.24. The molecule has 0 aliphatic heterocycles. The molecular weight excluding hydrogens is 415 g/mol. The van der Waals surface area contributed by atoms with E-state index in [1.54, 1.807) is 11.3 Å². The maximum atomic E-state index is 6.13. The Kier molecular flexibility index (Phi) is 4.42. The van der Waals surface area contributed by atoms with E-state index in [-0.39, 0.29) is 4.83 Å². The fourth-order valence-corrected chi connectivity index (χ4v) is 5.44. The first kappa shape index (κ1) is 13.4. The van der Waals surface area contributed by atoms with Crippen molar-refractivity contribution in [2.75, 3.05) is 0 Å². The van der Waals surface area contributed by atoms with Crippen LogP contribution in [-0.2, 0) is 0 Å². The molecule has 0 N–H and O–H groups in total. The van der Waals surface area contributed by atoms with E-state index in [4.69, 9.17) is 23.2 Å². The quantitative estimate of drug-likeness (QED) is 0.476. The first-order valence-corrected chi connectivity index (χ1v) is 8.43. The number of aryl methyl sites for hydroxylation is 1. The third-order valence-corrected chi connectivity index (χ3v) is 7.09. The van der Waals surface area contributed by atoms with Gasteiger partial charge in [0.05, 0.1) is 17.3 Å². The summed E-state index contributed by atoms with van der Waals surface area (Å²) in [5.74, 6) is 0. The molecule has 0 nitrogen and oxygen atoms in total. The number of hydrogen-bond acceptors (Lipinski definition) is 2. The van der Waals surface area contributed by atoms with Gasteiger partial charge in [0.1, 0.15) is 0 Å². The Labute approximate surface area is 129 Å². The number of halogens is 4. The Morgan fingerprint density at radius 2 is 1.94 bits per heavy atom. The minimum Gasteiger partial charge on any atom is -0.131 e. The van der Waals surface area contributed by atoms with Crippen molar-refractivity contribution in [2.45, 2.75) is 11.8 Å². The van der Waals surface area contributed by atoms with Gasteiger partial charge in [-0.25, -0.2) is 0 Å². The van der Waals surface area contributed by atoms with Crippen LogP contribution in [0.4, 0.5) is 0 Å². The van der Waals surface area contributed by atoms with Crippen molar-refractivity contribution in [3.63, 3.8) is 0 Å². The first-order chi connectivity index (χ1) is 7.49. The summed E-state index contributed by atoms with van der Waals surface area (Å²) in [6.45, 7) is 2.08. The molecule has 86 valence electrons. The molecule has 0 aliphatic carbocycles. The SMILES string of the molecule is Cc1cc(C(Br)c2cc(Cl)sc2Cl)sc1Br. The van der Waals surface area contributed by atoms with E-state index in [2.05, 4.69) is 44.8 Å². The lowest BCUT2D eigenvalue weighted by atomic mass is 10.2. The van der Waals surface area contributed by atoms with Gasteiger partial charge in [-0.3, -0.25) is 0 Å². The molecule has 0 aliphatic rings. The Bertz CT molecular complexity index is 499. The van der Waals surface area contributed by atoms with Crippen molar-refractivity contribution in [1.82, 2.24) is 0 Å². The van der Waals surface area contributed by atoms with Crippen LogP contribution in [0.3, 0.4) is 0 Å². The van der Waals surface area contributed by atoms with E-state index in [0.717, 1.165) is 18.0 Å². The molecule has 0 saturated heterocycles. The molecule has 0 fully saturated rings. The number of hydrogen-bond donors (Lipinski definition) is 0. The van der Waals surface area contributed by atoms with Crippen molar-refractivity contribution >= 4 is 77.7 Å². The van der Waals surface area contributed by atoms with Gasteiger partial charge in [0.25, 0.3) is 0 Å². The molecule has 6 heteroatoms. The lowest BCUT2D eigenvalue weighted by Gasteiger charge is -2.05. The van der Waals surface area contributed by atoms with Gasteiger partial charge in [-0.2, -0.15) is 0 Å². The minimum atomic E-state index is 0.110. The highest BCUT2D eigenvalue weighted by molar-refractivity contribution is 9.11. The summed E-state index contributed by atoms with van der Waals surface area (Å²) in [6.07, 6.45) is 0. The van der Waals surface area contributed by atoms with Crippen LogP contribution in [0.2, 0.25) is 8.67 Å². The van der Waals surface area contributed by atoms with E-state index in [9.17, 15) is 0 Å². The fourth-order valence-electron chi connectivity index (χ4n) is 1.29.